The highest BCUT2D eigenvalue weighted by molar-refractivity contribution is 6.21. The van der Waals surface area contributed by atoms with Crippen LogP contribution in [0.1, 0.15) is 38.8 Å². The van der Waals surface area contributed by atoms with Gasteiger partial charge in [-0.25, -0.2) is 0 Å². The van der Waals surface area contributed by atoms with E-state index in [0.717, 1.165) is 16.9 Å². The van der Waals surface area contributed by atoms with E-state index in [1.807, 2.05) is 39.0 Å². The molecule has 4 heteroatoms. The first-order chi connectivity index (χ1) is 11.0. The van der Waals surface area contributed by atoms with Crippen LogP contribution in [0.15, 0.2) is 42.5 Å². The van der Waals surface area contributed by atoms with Crippen molar-refractivity contribution in [2.45, 2.75) is 26.8 Å². The predicted molar refractivity (Wildman–Crippen MR) is 87.8 cm³/mol. The van der Waals surface area contributed by atoms with Crippen LogP contribution in [0.3, 0.4) is 0 Å². The molecule has 0 spiro atoms. The van der Waals surface area contributed by atoms with Gasteiger partial charge in [-0.05, 0) is 44.0 Å². The summed E-state index contributed by atoms with van der Waals surface area (Å²) in [5.74, 6) is 0.322. The highest BCUT2D eigenvalue weighted by Gasteiger charge is 2.38. The molecule has 118 valence electrons. The number of carbonyl (C=O) groups excluding carboxylic acids is 2. The molecule has 2 aromatic carbocycles. The zero-order valence-electron chi connectivity index (χ0n) is 13.5. The lowest BCUT2D eigenvalue weighted by atomic mass is 10.1. The minimum absolute atomic E-state index is 0.247. The molecule has 1 aliphatic heterocycles. The zero-order valence-corrected chi connectivity index (χ0v) is 13.5. The van der Waals surface area contributed by atoms with Gasteiger partial charge in [0.25, 0.3) is 11.8 Å². The number of benzene rings is 2. The Morgan fingerprint density at radius 1 is 0.913 bits per heavy atom. The van der Waals surface area contributed by atoms with E-state index in [4.69, 9.17) is 4.74 Å². The Bertz CT molecular complexity index is 727. The number of carbonyl (C=O) groups is 2. The fourth-order valence-corrected chi connectivity index (χ4v) is 2.91. The molecule has 23 heavy (non-hydrogen) atoms. The summed E-state index contributed by atoms with van der Waals surface area (Å²) < 4.78 is 5.89. The number of rotatable bonds is 4. The molecule has 4 nitrogen and oxygen atoms in total. The van der Waals surface area contributed by atoms with Crippen molar-refractivity contribution in [2.24, 2.45) is 0 Å². The number of aryl methyl sites for hydroxylation is 2. The van der Waals surface area contributed by atoms with Crippen LogP contribution in [0.25, 0.3) is 0 Å². The molecule has 0 fully saturated rings. The van der Waals surface area contributed by atoms with Crippen molar-refractivity contribution in [3.63, 3.8) is 0 Å². The van der Waals surface area contributed by atoms with E-state index < -0.39 is 0 Å². The lowest BCUT2D eigenvalue weighted by Crippen LogP contribution is -2.41. The number of imide groups is 1. The van der Waals surface area contributed by atoms with Crippen LogP contribution in [0.2, 0.25) is 0 Å². The first kappa shape index (κ1) is 15.3. The molecule has 2 amide bonds. The van der Waals surface area contributed by atoms with Crippen molar-refractivity contribution < 1.29 is 14.3 Å². The van der Waals surface area contributed by atoms with Crippen LogP contribution in [0, 0.1) is 13.8 Å². The Morgan fingerprint density at radius 3 is 1.96 bits per heavy atom. The molecule has 1 aliphatic rings. The molecule has 3 rings (SSSR count). The number of fused-ring (bicyclic) bond motifs is 1. The second kappa shape index (κ2) is 5.88. The molecule has 0 aromatic heterocycles. The molecule has 0 N–H and O–H groups in total. The molecule has 1 atom stereocenters. The average Bonchev–Trinajstić information content (AvgIpc) is 2.79. The smallest absolute Gasteiger partial charge is 0.261 e. The monoisotopic (exact) mass is 309 g/mol. The van der Waals surface area contributed by atoms with Gasteiger partial charge in [-0.2, -0.15) is 0 Å². The Kier molecular flexibility index (Phi) is 3.90. The van der Waals surface area contributed by atoms with Crippen LogP contribution in [-0.4, -0.2) is 29.4 Å². The molecule has 0 aliphatic carbocycles. The molecule has 0 bridgehead atoms. The van der Waals surface area contributed by atoms with E-state index in [9.17, 15) is 9.59 Å². The van der Waals surface area contributed by atoms with Crippen molar-refractivity contribution >= 4 is 11.8 Å². The minimum atomic E-state index is -0.332. The third-order valence-electron chi connectivity index (χ3n) is 4.14. The van der Waals surface area contributed by atoms with E-state index in [-0.39, 0.29) is 24.5 Å². The normalized spacial score (nSPS) is 14.8. The number of amides is 2. The van der Waals surface area contributed by atoms with Crippen molar-refractivity contribution in [2.75, 3.05) is 6.61 Å². The standard InChI is InChI=1S/C19H19NO3/c1-12-7-6-8-13(2)17(12)23-11-14(3)20-18(21)15-9-4-5-10-16(15)19(20)22/h4-10,14H,11H2,1-3H3/t14-/m0/s1. The van der Waals surface area contributed by atoms with E-state index >= 15 is 0 Å². The summed E-state index contributed by atoms with van der Waals surface area (Å²) in [5.41, 5.74) is 3.02. The number of nitrogens with zero attached hydrogens (tertiary/aromatic N) is 1. The number of hydrogen-bond acceptors (Lipinski definition) is 3. The zero-order chi connectivity index (χ0) is 16.6. The van der Waals surface area contributed by atoms with Gasteiger partial charge in [0.1, 0.15) is 12.4 Å². The maximum absolute atomic E-state index is 12.4. The second-order valence-electron chi connectivity index (χ2n) is 5.91. The first-order valence-electron chi connectivity index (χ1n) is 7.66. The SMILES string of the molecule is Cc1cccc(C)c1OC[C@H](C)N1C(=O)c2ccccc2C1=O. The van der Waals surface area contributed by atoms with Gasteiger partial charge >= 0.3 is 0 Å². The lowest BCUT2D eigenvalue weighted by molar-refractivity contribution is 0.0550. The van der Waals surface area contributed by atoms with Crippen molar-refractivity contribution in [1.82, 2.24) is 4.90 Å². The lowest BCUT2D eigenvalue weighted by Gasteiger charge is -2.23. The minimum Gasteiger partial charge on any atom is -0.491 e. The van der Waals surface area contributed by atoms with Crippen LogP contribution in [0.5, 0.6) is 5.75 Å². The van der Waals surface area contributed by atoms with Crippen LogP contribution in [-0.2, 0) is 0 Å². The molecule has 0 saturated heterocycles. The average molecular weight is 309 g/mol. The molecule has 1 heterocycles. The van der Waals surface area contributed by atoms with Crippen LogP contribution in [0.4, 0.5) is 0 Å². The van der Waals surface area contributed by atoms with Gasteiger partial charge in [-0.3, -0.25) is 14.5 Å². The summed E-state index contributed by atoms with van der Waals surface area (Å²) in [7, 11) is 0. The predicted octanol–water partition coefficient (Wildman–Crippen LogP) is 3.37. The maximum Gasteiger partial charge on any atom is 0.261 e. The molecular formula is C19H19NO3. The summed E-state index contributed by atoms with van der Waals surface area (Å²) in [6, 6.07) is 12.5. The summed E-state index contributed by atoms with van der Waals surface area (Å²) >= 11 is 0. The number of ether oxygens (including phenoxy) is 1. The van der Waals surface area contributed by atoms with E-state index in [0.29, 0.717) is 11.1 Å². The van der Waals surface area contributed by atoms with Crippen molar-refractivity contribution in [3.05, 3.63) is 64.7 Å². The Labute approximate surface area is 135 Å². The van der Waals surface area contributed by atoms with E-state index in [1.54, 1.807) is 24.3 Å². The Balaban J connectivity index is 1.76. The maximum atomic E-state index is 12.4. The molecule has 0 unspecified atom stereocenters. The van der Waals surface area contributed by atoms with Gasteiger partial charge in [0, 0.05) is 0 Å². The van der Waals surface area contributed by atoms with Gasteiger partial charge in [-0.15, -0.1) is 0 Å². The van der Waals surface area contributed by atoms with E-state index in [2.05, 4.69) is 0 Å². The second-order valence-corrected chi connectivity index (χ2v) is 5.91. The fraction of sp³-hybridized carbons (Fsp3) is 0.263. The molecular weight excluding hydrogens is 290 g/mol. The van der Waals surface area contributed by atoms with E-state index in [1.165, 1.54) is 4.90 Å². The van der Waals surface area contributed by atoms with Crippen LogP contribution >= 0.6 is 0 Å². The van der Waals surface area contributed by atoms with Crippen molar-refractivity contribution in [3.8, 4) is 5.75 Å². The molecule has 0 radical (unpaired) electrons. The summed E-state index contributed by atoms with van der Waals surface area (Å²) in [5, 5.41) is 0. The van der Waals surface area contributed by atoms with Gasteiger partial charge in [0.2, 0.25) is 0 Å². The van der Waals surface area contributed by atoms with Gasteiger partial charge in [0.05, 0.1) is 17.2 Å². The highest BCUT2D eigenvalue weighted by atomic mass is 16.5. The van der Waals surface area contributed by atoms with Gasteiger partial charge in [-0.1, -0.05) is 30.3 Å². The number of para-hydroxylation sites is 1. The summed E-state index contributed by atoms with van der Waals surface area (Å²) in [6.07, 6.45) is 0. The Hall–Kier alpha value is -2.62. The third-order valence-corrected chi connectivity index (χ3v) is 4.14. The molecule has 2 aromatic rings. The third kappa shape index (κ3) is 2.61. The quantitative estimate of drug-likeness (QED) is 0.814. The Morgan fingerprint density at radius 2 is 1.43 bits per heavy atom. The van der Waals surface area contributed by atoms with Gasteiger partial charge < -0.3 is 4.74 Å². The summed E-state index contributed by atoms with van der Waals surface area (Å²) in [6.45, 7) is 6.07. The topological polar surface area (TPSA) is 46.6 Å². The van der Waals surface area contributed by atoms with Crippen LogP contribution < -0.4 is 4.74 Å². The van der Waals surface area contributed by atoms with Gasteiger partial charge in [0.15, 0.2) is 0 Å². The largest absolute Gasteiger partial charge is 0.491 e. The first-order valence-corrected chi connectivity index (χ1v) is 7.66. The number of hydrogen-bond donors (Lipinski definition) is 0. The molecule has 0 saturated carbocycles. The highest BCUT2D eigenvalue weighted by Crippen LogP contribution is 2.26. The summed E-state index contributed by atoms with van der Waals surface area (Å²) in [4.78, 5) is 26.2. The van der Waals surface area contributed by atoms with Crippen molar-refractivity contribution in [1.29, 1.82) is 0 Å². The fourth-order valence-electron chi connectivity index (χ4n) is 2.91.